The SMILES string of the molecule is COc1cccc(CN(C)C(=O)CNC2CC2)c1. The fraction of sp³-hybridized carbons (Fsp3) is 0.500. The van der Waals surface area contributed by atoms with E-state index in [0.29, 0.717) is 19.1 Å². The van der Waals surface area contributed by atoms with E-state index in [1.165, 1.54) is 12.8 Å². The van der Waals surface area contributed by atoms with Gasteiger partial charge < -0.3 is 15.0 Å². The molecule has 1 N–H and O–H groups in total. The quantitative estimate of drug-likeness (QED) is 0.827. The topological polar surface area (TPSA) is 41.6 Å². The summed E-state index contributed by atoms with van der Waals surface area (Å²) in [5.74, 6) is 0.953. The maximum absolute atomic E-state index is 11.9. The second-order valence-electron chi connectivity index (χ2n) is 4.76. The molecule has 1 aliphatic rings. The summed E-state index contributed by atoms with van der Waals surface area (Å²) in [5, 5.41) is 3.23. The average molecular weight is 248 g/mol. The summed E-state index contributed by atoms with van der Waals surface area (Å²) in [5.41, 5.74) is 1.08. The second-order valence-corrected chi connectivity index (χ2v) is 4.76. The van der Waals surface area contributed by atoms with Crippen LogP contribution in [0.2, 0.25) is 0 Å². The lowest BCUT2D eigenvalue weighted by Crippen LogP contribution is -2.35. The minimum Gasteiger partial charge on any atom is -0.497 e. The summed E-state index contributed by atoms with van der Waals surface area (Å²) in [7, 11) is 3.48. The van der Waals surface area contributed by atoms with Gasteiger partial charge in [0.05, 0.1) is 13.7 Å². The first-order valence-corrected chi connectivity index (χ1v) is 6.29. The zero-order valence-electron chi connectivity index (χ0n) is 11.0. The molecule has 4 heteroatoms. The third-order valence-electron chi connectivity index (χ3n) is 3.10. The van der Waals surface area contributed by atoms with Crippen LogP contribution in [0.25, 0.3) is 0 Å². The average Bonchev–Trinajstić information content (AvgIpc) is 3.20. The molecule has 2 rings (SSSR count). The first-order valence-electron chi connectivity index (χ1n) is 6.29. The number of hydrogen-bond donors (Lipinski definition) is 1. The van der Waals surface area contributed by atoms with Crippen molar-refractivity contribution < 1.29 is 9.53 Å². The van der Waals surface area contributed by atoms with Crippen molar-refractivity contribution in [3.8, 4) is 5.75 Å². The van der Waals surface area contributed by atoms with Gasteiger partial charge in [-0.1, -0.05) is 12.1 Å². The van der Waals surface area contributed by atoms with E-state index in [-0.39, 0.29) is 5.91 Å². The van der Waals surface area contributed by atoms with Crippen molar-refractivity contribution in [3.05, 3.63) is 29.8 Å². The Morgan fingerprint density at radius 3 is 2.94 bits per heavy atom. The number of carbonyl (C=O) groups excluding carboxylic acids is 1. The largest absolute Gasteiger partial charge is 0.497 e. The predicted octanol–water partition coefficient (Wildman–Crippen LogP) is 1.41. The number of rotatable bonds is 6. The van der Waals surface area contributed by atoms with Gasteiger partial charge in [0.15, 0.2) is 0 Å². The lowest BCUT2D eigenvalue weighted by Gasteiger charge is -2.18. The van der Waals surface area contributed by atoms with Crippen molar-refractivity contribution in [1.29, 1.82) is 0 Å². The van der Waals surface area contributed by atoms with Crippen LogP contribution in [0, 0.1) is 0 Å². The summed E-state index contributed by atoms with van der Waals surface area (Å²) >= 11 is 0. The Balaban J connectivity index is 1.84. The van der Waals surface area contributed by atoms with Crippen LogP contribution in [0.1, 0.15) is 18.4 Å². The molecule has 0 aliphatic heterocycles. The van der Waals surface area contributed by atoms with Crippen LogP contribution in [0.5, 0.6) is 5.75 Å². The Labute approximate surface area is 108 Å². The molecule has 0 saturated heterocycles. The maximum atomic E-state index is 11.9. The fourth-order valence-electron chi connectivity index (χ4n) is 1.79. The second kappa shape index (κ2) is 5.87. The van der Waals surface area contributed by atoms with Crippen molar-refractivity contribution in [2.24, 2.45) is 0 Å². The van der Waals surface area contributed by atoms with Gasteiger partial charge in [-0.05, 0) is 30.5 Å². The van der Waals surface area contributed by atoms with E-state index >= 15 is 0 Å². The van der Waals surface area contributed by atoms with E-state index < -0.39 is 0 Å². The van der Waals surface area contributed by atoms with Crippen LogP contribution in [-0.2, 0) is 11.3 Å². The third-order valence-corrected chi connectivity index (χ3v) is 3.10. The van der Waals surface area contributed by atoms with Gasteiger partial charge in [-0.25, -0.2) is 0 Å². The molecule has 1 amide bonds. The Kier molecular flexibility index (Phi) is 4.20. The molecule has 0 spiro atoms. The molecule has 4 nitrogen and oxygen atoms in total. The molecule has 1 aliphatic carbocycles. The Bertz CT molecular complexity index is 416. The lowest BCUT2D eigenvalue weighted by molar-refractivity contribution is -0.129. The number of likely N-dealkylation sites (N-methyl/N-ethyl adjacent to an activating group) is 1. The molecule has 1 fully saturated rings. The number of ether oxygens (including phenoxy) is 1. The van der Waals surface area contributed by atoms with Crippen LogP contribution in [0.3, 0.4) is 0 Å². The summed E-state index contributed by atoms with van der Waals surface area (Å²) in [6.45, 7) is 1.05. The smallest absolute Gasteiger partial charge is 0.236 e. The van der Waals surface area contributed by atoms with Crippen molar-refractivity contribution >= 4 is 5.91 Å². The molecule has 18 heavy (non-hydrogen) atoms. The van der Waals surface area contributed by atoms with Crippen LogP contribution in [0.15, 0.2) is 24.3 Å². The number of benzene rings is 1. The summed E-state index contributed by atoms with van der Waals surface area (Å²) in [6, 6.07) is 8.37. The highest BCUT2D eigenvalue weighted by Gasteiger charge is 2.21. The predicted molar refractivity (Wildman–Crippen MR) is 70.5 cm³/mol. The Morgan fingerprint density at radius 1 is 1.50 bits per heavy atom. The van der Waals surface area contributed by atoms with Gasteiger partial charge >= 0.3 is 0 Å². The first-order chi connectivity index (χ1) is 8.69. The number of nitrogens with zero attached hydrogens (tertiary/aromatic N) is 1. The van der Waals surface area contributed by atoms with Gasteiger partial charge in [0.25, 0.3) is 0 Å². The summed E-state index contributed by atoms with van der Waals surface area (Å²) in [6.07, 6.45) is 2.40. The van der Waals surface area contributed by atoms with Crippen molar-refractivity contribution in [2.75, 3.05) is 20.7 Å². The molecular weight excluding hydrogens is 228 g/mol. The minimum atomic E-state index is 0.129. The van der Waals surface area contributed by atoms with Crippen LogP contribution >= 0.6 is 0 Å². The van der Waals surface area contributed by atoms with Crippen molar-refractivity contribution in [3.63, 3.8) is 0 Å². The van der Waals surface area contributed by atoms with Gasteiger partial charge in [-0.3, -0.25) is 4.79 Å². The van der Waals surface area contributed by atoms with E-state index in [1.54, 1.807) is 12.0 Å². The van der Waals surface area contributed by atoms with E-state index in [0.717, 1.165) is 11.3 Å². The number of amides is 1. The Hall–Kier alpha value is -1.55. The number of carbonyl (C=O) groups is 1. The third kappa shape index (κ3) is 3.74. The van der Waals surface area contributed by atoms with Gasteiger partial charge in [-0.2, -0.15) is 0 Å². The van der Waals surface area contributed by atoms with Gasteiger partial charge in [0.2, 0.25) is 5.91 Å². The van der Waals surface area contributed by atoms with E-state index in [9.17, 15) is 4.79 Å². The molecule has 1 aromatic carbocycles. The highest BCUT2D eigenvalue weighted by molar-refractivity contribution is 5.78. The summed E-state index contributed by atoms with van der Waals surface area (Å²) < 4.78 is 5.17. The molecule has 0 atom stereocenters. The first kappa shape index (κ1) is 12.9. The standard InChI is InChI=1S/C14H20N2O2/c1-16(14(17)9-15-12-6-7-12)10-11-4-3-5-13(8-11)18-2/h3-5,8,12,15H,6-7,9-10H2,1-2H3. The molecule has 0 heterocycles. The highest BCUT2D eigenvalue weighted by atomic mass is 16.5. The van der Waals surface area contributed by atoms with Gasteiger partial charge in [0, 0.05) is 19.6 Å². The van der Waals surface area contributed by atoms with Crippen molar-refractivity contribution in [2.45, 2.75) is 25.4 Å². The Morgan fingerprint density at radius 2 is 2.28 bits per heavy atom. The maximum Gasteiger partial charge on any atom is 0.236 e. The molecular formula is C14H20N2O2. The van der Waals surface area contributed by atoms with Crippen LogP contribution in [0.4, 0.5) is 0 Å². The molecule has 0 bridgehead atoms. The van der Waals surface area contributed by atoms with Crippen LogP contribution < -0.4 is 10.1 Å². The lowest BCUT2D eigenvalue weighted by atomic mass is 10.2. The zero-order chi connectivity index (χ0) is 13.0. The number of nitrogens with one attached hydrogen (secondary N) is 1. The molecule has 0 radical (unpaired) electrons. The highest BCUT2D eigenvalue weighted by Crippen LogP contribution is 2.18. The van der Waals surface area contributed by atoms with Crippen molar-refractivity contribution in [1.82, 2.24) is 10.2 Å². The number of methoxy groups -OCH3 is 1. The number of hydrogen-bond acceptors (Lipinski definition) is 3. The zero-order valence-corrected chi connectivity index (χ0v) is 11.0. The molecule has 0 aromatic heterocycles. The monoisotopic (exact) mass is 248 g/mol. The molecule has 1 saturated carbocycles. The van der Waals surface area contributed by atoms with Gasteiger partial charge in [-0.15, -0.1) is 0 Å². The fourth-order valence-corrected chi connectivity index (χ4v) is 1.79. The van der Waals surface area contributed by atoms with E-state index in [1.807, 2.05) is 31.3 Å². The van der Waals surface area contributed by atoms with Gasteiger partial charge in [0.1, 0.15) is 5.75 Å². The normalized spacial score (nSPS) is 14.3. The van der Waals surface area contributed by atoms with Crippen LogP contribution in [-0.4, -0.2) is 37.6 Å². The van der Waals surface area contributed by atoms with E-state index in [4.69, 9.17) is 4.74 Å². The van der Waals surface area contributed by atoms with E-state index in [2.05, 4.69) is 5.32 Å². The molecule has 0 unspecified atom stereocenters. The molecule has 1 aromatic rings. The molecule has 98 valence electrons. The minimum absolute atomic E-state index is 0.129. The summed E-state index contributed by atoms with van der Waals surface area (Å²) in [4.78, 5) is 13.6.